The molecule has 1 rings (SSSR count). The van der Waals surface area contributed by atoms with E-state index in [4.69, 9.17) is 5.73 Å². The Kier molecular flexibility index (Phi) is 4.42. The first kappa shape index (κ1) is 14.2. The molecule has 98 valence electrons. The molecule has 18 heavy (non-hydrogen) atoms. The molecule has 0 saturated carbocycles. The van der Waals surface area contributed by atoms with Crippen molar-refractivity contribution in [3.8, 4) is 0 Å². The van der Waals surface area contributed by atoms with Crippen molar-refractivity contribution in [2.75, 3.05) is 0 Å². The lowest BCUT2D eigenvalue weighted by molar-refractivity contribution is -0.384. The Morgan fingerprint density at radius 3 is 2.39 bits per heavy atom. The maximum atomic E-state index is 11.4. The minimum Gasteiger partial charge on any atom is -0.369 e. The van der Waals surface area contributed by atoms with Gasteiger partial charge >= 0.3 is 0 Å². The van der Waals surface area contributed by atoms with Gasteiger partial charge in [-0.1, -0.05) is 26.8 Å². The van der Waals surface area contributed by atoms with Gasteiger partial charge in [-0.05, 0) is 23.5 Å². The Hall–Kier alpha value is -1.91. The van der Waals surface area contributed by atoms with E-state index in [1.165, 1.54) is 12.1 Å². The molecule has 0 bridgehead atoms. The monoisotopic (exact) mass is 250 g/mol. The van der Waals surface area contributed by atoms with Crippen molar-refractivity contribution in [2.45, 2.75) is 39.0 Å². The zero-order chi connectivity index (χ0) is 13.9. The van der Waals surface area contributed by atoms with Gasteiger partial charge in [-0.2, -0.15) is 0 Å². The predicted octanol–water partition coefficient (Wildman–Crippen LogP) is 2.70. The maximum Gasteiger partial charge on any atom is 0.269 e. The minimum atomic E-state index is -0.470. The molecule has 2 N–H and O–H groups in total. The summed E-state index contributed by atoms with van der Waals surface area (Å²) in [6.45, 7) is 5.81. The van der Waals surface area contributed by atoms with E-state index >= 15 is 0 Å². The van der Waals surface area contributed by atoms with Gasteiger partial charge < -0.3 is 5.73 Å². The maximum absolute atomic E-state index is 11.4. The van der Waals surface area contributed by atoms with Crippen molar-refractivity contribution >= 4 is 11.6 Å². The average molecular weight is 250 g/mol. The first-order valence-electron chi connectivity index (χ1n) is 5.96. The lowest BCUT2D eigenvalue weighted by Gasteiger charge is -2.18. The van der Waals surface area contributed by atoms with E-state index in [1.54, 1.807) is 6.07 Å². The Labute approximate surface area is 106 Å². The summed E-state index contributed by atoms with van der Waals surface area (Å²) in [7, 11) is 0. The quantitative estimate of drug-likeness (QED) is 0.643. The lowest BCUT2D eigenvalue weighted by Crippen LogP contribution is -2.22. The van der Waals surface area contributed by atoms with Crippen LogP contribution in [0.1, 0.15) is 50.2 Å². The van der Waals surface area contributed by atoms with Crippen molar-refractivity contribution < 1.29 is 9.72 Å². The normalized spacial score (nSPS) is 12.4. The molecule has 1 aromatic rings. The molecule has 5 heteroatoms. The van der Waals surface area contributed by atoms with Crippen LogP contribution in [0.3, 0.4) is 0 Å². The Morgan fingerprint density at radius 2 is 2.00 bits per heavy atom. The molecule has 0 heterocycles. The SMILES string of the molecule is CCC(C(N)=O)c1cc([N+](=O)[O-])ccc1C(C)C. The fourth-order valence-electron chi connectivity index (χ4n) is 2.08. The van der Waals surface area contributed by atoms with Crippen molar-refractivity contribution in [3.63, 3.8) is 0 Å². The van der Waals surface area contributed by atoms with E-state index in [2.05, 4.69) is 0 Å². The number of primary amides is 1. The summed E-state index contributed by atoms with van der Waals surface area (Å²) in [6.07, 6.45) is 0.538. The predicted molar refractivity (Wildman–Crippen MR) is 69.4 cm³/mol. The van der Waals surface area contributed by atoms with Crippen molar-refractivity contribution in [2.24, 2.45) is 5.73 Å². The minimum absolute atomic E-state index is 0.00546. The number of carbonyl (C=O) groups is 1. The number of hydrogen-bond acceptors (Lipinski definition) is 3. The van der Waals surface area contributed by atoms with Gasteiger partial charge in [0, 0.05) is 12.1 Å². The van der Waals surface area contributed by atoms with Gasteiger partial charge in [0.25, 0.3) is 5.69 Å². The van der Waals surface area contributed by atoms with Gasteiger partial charge in [-0.25, -0.2) is 0 Å². The standard InChI is InChI=1S/C13H18N2O3/c1-4-10(13(14)16)12-7-9(15(17)18)5-6-11(12)8(2)3/h5-8,10H,4H2,1-3H3,(H2,14,16). The molecule has 0 aliphatic heterocycles. The van der Waals surface area contributed by atoms with Gasteiger partial charge in [0.15, 0.2) is 0 Å². The molecule has 0 aromatic heterocycles. The molecule has 0 saturated heterocycles. The number of nitro groups is 1. The fraction of sp³-hybridized carbons (Fsp3) is 0.462. The molecular formula is C13H18N2O3. The summed E-state index contributed by atoms with van der Waals surface area (Å²) < 4.78 is 0. The summed E-state index contributed by atoms with van der Waals surface area (Å²) in [5.74, 6) is -0.726. The zero-order valence-corrected chi connectivity index (χ0v) is 10.8. The highest BCUT2D eigenvalue weighted by molar-refractivity contribution is 5.82. The van der Waals surface area contributed by atoms with Crippen LogP contribution >= 0.6 is 0 Å². The molecule has 0 radical (unpaired) electrons. The summed E-state index contributed by atoms with van der Waals surface area (Å²) in [4.78, 5) is 21.8. The van der Waals surface area contributed by atoms with E-state index in [0.29, 0.717) is 12.0 Å². The molecule has 0 aliphatic carbocycles. The van der Waals surface area contributed by atoms with E-state index < -0.39 is 16.7 Å². The number of rotatable bonds is 5. The van der Waals surface area contributed by atoms with Crippen LogP contribution in [-0.4, -0.2) is 10.8 Å². The van der Waals surface area contributed by atoms with Crippen LogP contribution in [0.15, 0.2) is 18.2 Å². The van der Waals surface area contributed by atoms with Gasteiger partial charge in [-0.3, -0.25) is 14.9 Å². The third kappa shape index (κ3) is 2.85. The van der Waals surface area contributed by atoms with Crippen molar-refractivity contribution in [1.29, 1.82) is 0 Å². The summed E-state index contributed by atoms with van der Waals surface area (Å²) in [5, 5.41) is 10.8. The third-order valence-corrected chi connectivity index (χ3v) is 3.03. The smallest absolute Gasteiger partial charge is 0.269 e. The van der Waals surface area contributed by atoms with Crippen LogP contribution in [0.5, 0.6) is 0 Å². The van der Waals surface area contributed by atoms with Crippen LogP contribution in [-0.2, 0) is 4.79 Å². The van der Waals surface area contributed by atoms with Crippen LogP contribution < -0.4 is 5.73 Å². The summed E-state index contributed by atoms with van der Waals surface area (Å²) >= 11 is 0. The molecule has 1 unspecified atom stereocenters. The first-order chi connectivity index (χ1) is 8.38. The highest BCUT2D eigenvalue weighted by atomic mass is 16.6. The van der Waals surface area contributed by atoms with Crippen LogP contribution in [0.2, 0.25) is 0 Å². The number of non-ortho nitro benzene ring substituents is 1. The fourth-order valence-corrected chi connectivity index (χ4v) is 2.08. The molecule has 0 fully saturated rings. The number of nitro benzene ring substituents is 1. The van der Waals surface area contributed by atoms with Gasteiger partial charge in [0.2, 0.25) is 5.91 Å². The van der Waals surface area contributed by atoms with E-state index in [1.807, 2.05) is 20.8 Å². The van der Waals surface area contributed by atoms with E-state index in [0.717, 1.165) is 5.56 Å². The lowest BCUT2D eigenvalue weighted by atomic mass is 9.86. The molecule has 0 aliphatic rings. The third-order valence-electron chi connectivity index (χ3n) is 3.03. The number of carbonyl (C=O) groups excluding carboxylic acids is 1. The Morgan fingerprint density at radius 1 is 1.39 bits per heavy atom. The number of benzene rings is 1. The highest BCUT2D eigenvalue weighted by Crippen LogP contribution is 2.31. The van der Waals surface area contributed by atoms with Crippen LogP contribution in [0.25, 0.3) is 0 Å². The summed E-state index contributed by atoms with van der Waals surface area (Å²) in [6, 6.07) is 4.64. The highest BCUT2D eigenvalue weighted by Gasteiger charge is 2.22. The van der Waals surface area contributed by atoms with Gasteiger partial charge in [0.1, 0.15) is 0 Å². The first-order valence-corrected chi connectivity index (χ1v) is 5.96. The van der Waals surface area contributed by atoms with Crippen molar-refractivity contribution in [1.82, 2.24) is 0 Å². The summed E-state index contributed by atoms with van der Waals surface area (Å²) in [5.41, 5.74) is 6.97. The molecule has 1 amide bonds. The Balaban J connectivity index is 3.39. The second-order valence-electron chi connectivity index (χ2n) is 4.59. The second kappa shape index (κ2) is 5.62. The molecule has 5 nitrogen and oxygen atoms in total. The average Bonchev–Trinajstić information content (AvgIpc) is 2.28. The number of hydrogen-bond donors (Lipinski definition) is 1. The molecule has 1 atom stereocenters. The number of nitrogens with zero attached hydrogens (tertiary/aromatic N) is 1. The van der Waals surface area contributed by atoms with Crippen LogP contribution in [0.4, 0.5) is 5.69 Å². The van der Waals surface area contributed by atoms with Gasteiger partial charge in [-0.15, -0.1) is 0 Å². The second-order valence-corrected chi connectivity index (χ2v) is 4.59. The topological polar surface area (TPSA) is 86.2 Å². The van der Waals surface area contributed by atoms with Crippen LogP contribution in [0, 0.1) is 10.1 Å². The molecule has 1 aromatic carbocycles. The molecule has 0 spiro atoms. The van der Waals surface area contributed by atoms with Gasteiger partial charge in [0.05, 0.1) is 10.8 Å². The van der Waals surface area contributed by atoms with E-state index in [-0.39, 0.29) is 11.6 Å². The van der Waals surface area contributed by atoms with Crippen molar-refractivity contribution in [3.05, 3.63) is 39.4 Å². The largest absolute Gasteiger partial charge is 0.369 e. The Bertz CT molecular complexity index is 469. The molecular weight excluding hydrogens is 232 g/mol. The number of nitrogens with two attached hydrogens (primary N) is 1. The zero-order valence-electron chi connectivity index (χ0n) is 10.8. The van der Waals surface area contributed by atoms with E-state index in [9.17, 15) is 14.9 Å². The number of amides is 1.